The third-order valence-corrected chi connectivity index (χ3v) is 11.7. The Morgan fingerprint density at radius 3 is 2.73 bits per heavy atom. The van der Waals surface area contributed by atoms with Gasteiger partial charge in [-0.15, -0.1) is 9.46 Å². The topological polar surface area (TPSA) is 124 Å². The fourth-order valence-corrected chi connectivity index (χ4v) is 8.66. The van der Waals surface area contributed by atoms with E-state index in [9.17, 15) is 13.8 Å². The van der Waals surface area contributed by atoms with E-state index in [1.807, 2.05) is 12.1 Å². The summed E-state index contributed by atoms with van der Waals surface area (Å²) in [5.74, 6) is 0.0343. The highest BCUT2D eigenvalue weighted by atomic mass is 35.5. The van der Waals surface area contributed by atoms with Crippen LogP contribution in [0, 0.1) is 11.8 Å². The van der Waals surface area contributed by atoms with Crippen LogP contribution in [0.3, 0.4) is 0 Å². The number of aryl methyl sites for hydroxylation is 2. The predicted molar refractivity (Wildman–Crippen MR) is 190 cm³/mol. The lowest BCUT2D eigenvalue weighted by atomic mass is 9.70. The van der Waals surface area contributed by atoms with Crippen LogP contribution in [0.4, 0.5) is 5.69 Å². The third-order valence-electron chi connectivity index (χ3n) is 9.63. The molecule has 2 aliphatic heterocycles. The van der Waals surface area contributed by atoms with Crippen LogP contribution in [-0.2, 0) is 34.7 Å². The van der Waals surface area contributed by atoms with E-state index in [0.29, 0.717) is 48.6 Å². The molecule has 262 valence electrons. The Balaban J connectivity index is 1.43. The van der Waals surface area contributed by atoms with Crippen molar-refractivity contribution in [3.05, 3.63) is 82.0 Å². The number of carbonyl (C=O) groups excluding carboxylic acids is 2. The van der Waals surface area contributed by atoms with Crippen LogP contribution in [0.5, 0.6) is 11.6 Å². The number of allylic oxidation sites excluding steroid dienone is 1. The highest BCUT2D eigenvalue weighted by molar-refractivity contribution is 7.92. The molecule has 2 aromatic carbocycles. The SMILES string of the molecule is COc1nn(C)cc1C(=O)NS1(=O)=NC(=O)c2ccc3c(c2)N(Cc2ccc(Cl)cc2CCCCO3)C[C@@H]2CC[C@H]2[C@@H](OC)/C=C/CCC1. The number of anilines is 1. The van der Waals surface area contributed by atoms with Gasteiger partial charge in [0.1, 0.15) is 21.2 Å². The molecule has 13 heteroatoms. The molecule has 11 nitrogen and oxygen atoms in total. The fourth-order valence-electron chi connectivity index (χ4n) is 6.90. The molecule has 4 atom stereocenters. The summed E-state index contributed by atoms with van der Waals surface area (Å²) in [6, 6.07) is 11.3. The van der Waals surface area contributed by atoms with Crippen molar-refractivity contribution >= 4 is 39.0 Å². The van der Waals surface area contributed by atoms with Crippen molar-refractivity contribution < 1.29 is 28.0 Å². The van der Waals surface area contributed by atoms with Crippen molar-refractivity contribution in [1.29, 1.82) is 0 Å². The summed E-state index contributed by atoms with van der Waals surface area (Å²) in [7, 11) is 1.24. The van der Waals surface area contributed by atoms with Crippen molar-refractivity contribution in [2.45, 2.75) is 57.6 Å². The maximum atomic E-state index is 14.3. The van der Waals surface area contributed by atoms with E-state index in [1.54, 1.807) is 32.4 Å². The van der Waals surface area contributed by atoms with Crippen LogP contribution in [0.1, 0.15) is 70.4 Å². The van der Waals surface area contributed by atoms with Gasteiger partial charge >= 0.3 is 0 Å². The van der Waals surface area contributed by atoms with Crippen LogP contribution in [-0.4, -0.2) is 65.0 Å². The quantitative estimate of drug-likeness (QED) is 0.320. The smallest absolute Gasteiger partial charge is 0.286 e. The molecule has 0 radical (unpaired) electrons. The van der Waals surface area contributed by atoms with E-state index in [0.717, 1.165) is 44.3 Å². The number of carbonyl (C=O) groups is 2. The van der Waals surface area contributed by atoms with Gasteiger partial charge in [0.25, 0.3) is 11.8 Å². The summed E-state index contributed by atoms with van der Waals surface area (Å²) in [6.45, 7) is 1.84. The first kappa shape index (κ1) is 35.0. The normalized spacial score (nSPS) is 25.3. The van der Waals surface area contributed by atoms with Gasteiger partial charge in [0.15, 0.2) is 0 Å². The number of aromatic nitrogens is 2. The summed E-state index contributed by atoms with van der Waals surface area (Å²) < 4.78 is 40.1. The van der Waals surface area contributed by atoms with E-state index >= 15 is 0 Å². The summed E-state index contributed by atoms with van der Waals surface area (Å²) in [5, 5.41) is 4.84. The van der Waals surface area contributed by atoms with Gasteiger partial charge in [-0.25, -0.2) is 4.21 Å². The highest BCUT2D eigenvalue weighted by Crippen LogP contribution is 2.42. The number of nitrogens with one attached hydrogen (secondary N) is 1. The summed E-state index contributed by atoms with van der Waals surface area (Å²) in [6.07, 6.45) is 11.3. The molecule has 0 saturated heterocycles. The first-order valence-electron chi connectivity index (χ1n) is 16.8. The zero-order valence-corrected chi connectivity index (χ0v) is 29.8. The maximum Gasteiger partial charge on any atom is 0.286 e. The molecule has 2 amide bonds. The molecule has 1 fully saturated rings. The van der Waals surface area contributed by atoms with Crippen LogP contribution in [0.2, 0.25) is 5.02 Å². The van der Waals surface area contributed by atoms with Gasteiger partial charge in [-0.3, -0.25) is 19.0 Å². The minimum atomic E-state index is -3.55. The second-order valence-corrected chi connectivity index (χ2v) is 15.5. The second-order valence-electron chi connectivity index (χ2n) is 13.0. The van der Waals surface area contributed by atoms with Crippen molar-refractivity contribution in [3.63, 3.8) is 0 Å². The zero-order valence-electron chi connectivity index (χ0n) is 28.2. The Morgan fingerprint density at radius 2 is 1.96 bits per heavy atom. The van der Waals surface area contributed by atoms with Gasteiger partial charge < -0.3 is 19.1 Å². The van der Waals surface area contributed by atoms with Crippen molar-refractivity contribution in [2.75, 3.05) is 38.0 Å². The lowest BCUT2D eigenvalue weighted by molar-refractivity contribution is 0.0134. The molecule has 49 heavy (non-hydrogen) atoms. The molecule has 1 aromatic heterocycles. The molecule has 1 aliphatic carbocycles. The van der Waals surface area contributed by atoms with Crippen molar-refractivity contribution in [2.24, 2.45) is 23.2 Å². The summed E-state index contributed by atoms with van der Waals surface area (Å²) >= 11 is 6.45. The van der Waals surface area contributed by atoms with Crippen LogP contribution in [0.25, 0.3) is 0 Å². The average molecular weight is 710 g/mol. The van der Waals surface area contributed by atoms with Crippen molar-refractivity contribution in [1.82, 2.24) is 14.5 Å². The number of halogens is 1. The highest BCUT2D eigenvalue weighted by Gasteiger charge is 2.38. The van der Waals surface area contributed by atoms with Crippen LogP contribution < -0.4 is 19.1 Å². The Bertz CT molecular complexity index is 1850. The molecule has 3 aromatic rings. The first-order chi connectivity index (χ1) is 23.7. The third kappa shape index (κ3) is 8.13. The molecule has 0 spiro atoms. The number of rotatable bonds is 4. The number of hydrogen-bond donors (Lipinski definition) is 1. The lowest BCUT2D eigenvalue weighted by Gasteiger charge is -2.43. The van der Waals surface area contributed by atoms with E-state index in [1.165, 1.54) is 29.1 Å². The molecule has 6 rings (SSSR count). The monoisotopic (exact) mass is 709 g/mol. The van der Waals surface area contributed by atoms with E-state index in [4.69, 9.17) is 25.8 Å². The number of amides is 2. The Hall–Kier alpha value is -3.87. The van der Waals surface area contributed by atoms with Gasteiger partial charge in [0, 0.05) is 44.0 Å². The zero-order chi connectivity index (χ0) is 34.5. The van der Waals surface area contributed by atoms with Gasteiger partial charge in [0.05, 0.1) is 31.3 Å². The number of ether oxygens (including phenoxy) is 3. The Morgan fingerprint density at radius 1 is 1.10 bits per heavy atom. The molecule has 3 heterocycles. The van der Waals surface area contributed by atoms with Gasteiger partial charge in [-0.1, -0.05) is 29.8 Å². The van der Waals surface area contributed by atoms with E-state index in [2.05, 4.69) is 37.3 Å². The van der Waals surface area contributed by atoms with E-state index < -0.39 is 21.7 Å². The predicted octanol–water partition coefficient (Wildman–Crippen LogP) is 6.15. The summed E-state index contributed by atoms with van der Waals surface area (Å²) in [5.41, 5.74) is 3.49. The number of fused-ring (bicyclic) bond motifs is 3. The van der Waals surface area contributed by atoms with Crippen molar-refractivity contribution in [3.8, 4) is 11.6 Å². The molecule has 2 bridgehead atoms. The molecule has 1 unspecified atom stereocenters. The second kappa shape index (κ2) is 15.3. The molecule has 1 saturated carbocycles. The Labute approximate surface area is 293 Å². The first-order valence-corrected chi connectivity index (χ1v) is 18.9. The van der Waals surface area contributed by atoms with Gasteiger partial charge in [-0.2, -0.15) is 0 Å². The molecular weight excluding hydrogens is 666 g/mol. The number of hydrogen-bond acceptors (Lipinski definition) is 8. The molecular formula is C36H44ClN5O6S. The van der Waals surface area contributed by atoms with Gasteiger partial charge in [-0.05, 0) is 98.2 Å². The number of benzene rings is 2. The average Bonchev–Trinajstić information content (AvgIpc) is 3.45. The fraction of sp³-hybridized carbons (Fsp3) is 0.472. The Kier molecular flexibility index (Phi) is 11.0. The maximum absolute atomic E-state index is 14.3. The minimum Gasteiger partial charge on any atom is -0.491 e. The minimum absolute atomic E-state index is 0.0272. The lowest BCUT2D eigenvalue weighted by Crippen LogP contribution is -2.43. The summed E-state index contributed by atoms with van der Waals surface area (Å²) in [4.78, 5) is 29.5. The van der Waals surface area contributed by atoms with E-state index in [-0.39, 0.29) is 28.9 Å². The molecule has 3 aliphatic rings. The van der Waals surface area contributed by atoms with Crippen LogP contribution >= 0.6 is 11.6 Å². The molecule has 1 N–H and O–H groups in total. The largest absolute Gasteiger partial charge is 0.491 e. The standard InChI is InChI=1S/C36H44ClN5O6S/c1-41-23-30(36(38-41)47-3)35(44)40-49(45)18-8-4-5-10-32(46-2)29-15-12-27(29)22-42-21-26-11-14-28(37)19-24(26)9-6-7-17-48-33-16-13-25(20-31(33)42)34(43)39-49/h5,10-11,13-14,16,19-20,23,27,29,32H,4,6-9,12,15,17-18,21-22H2,1-3H3,(H,39,40,43,44,45)/b10-5+/t27-,29+,32-,49?/m0/s1. The number of nitrogens with zero attached hydrogens (tertiary/aromatic N) is 4. The number of methoxy groups -OCH3 is 2. The van der Waals surface area contributed by atoms with Gasteiger partial charge in [0.2, 0.25) is 5.88 Å². The van der Waals surface area contributed by atoms with Crippen LogP contribution in [0.15, 0.2) is 59.1 Å².